The molecule has 0 aromatic rings. The first-order valence-electron chi connectivity index (χ1n) is 23.7. The second kappa shape index (κ2) is 42.2. The van der Waals surface area contributed by atoms with Crippen molar-refractivity contribution in [1.82, 2.24) is 5.32 Å². The Labute approximate surface area is 342 Å². The van der Waals surface area contributed by atoms with Crippen LogP contribution in [0.4, 0.5) is 0 Å². The van der Waals surface area contributed by atoms with E-state index in [0.717, 1.165) is 38.5 Å². The second-order valence-corrected chi connectivity index (χ2v) is 17.9. The summed E-state index contributed by atoms with van der Waals surface area (Å²) < 4.78 is 32.6. The normalized spacial score (nSPS) is 13.5. The lowest BCUT2D eigenvalue weighted by Crippen LogP contribution is -2.46. The number of carbonyl (C=O) groups excluding carboxylic acids is 1. The first-order chi connectivity index (χ1) is 26.8. The fourth-order valence-electron chi connectivity index (χ4n) is 7.23. The summed E-state index contributed by atoms with van der Waals surface area (Å²) in [5.41, 5.74) is 0. The quantitative estimate of drug-likeness (QED) is 0.0324. The van der Waals surface area contributed by atoms with Crippen molar-refractivity contribution in [2.24, 2.45) is 0 Å². The maximum atomic E-state index is 12.6. The molecule has 2 unspecified atom stereocenters. The summed E-state index contributed by atoms with van der Waals surface area (Å²) in [6.07, 6.45) is 55.7. The SMILES string of the molecule is CCCCCCCC/C=C\CCCCCCCCCCCC(=O)NC(CS(=O)(=O)O)C(O)/C=C/CC/C=C/CCCCCCCCCCCCCCCCC. The Hall–Kier alpha value is -1.44. The van der Waals surface area contributed by atoms with Gasteiger partial charge >= 0.3 is 0 Å². The van der Waals surface area contributed by atoms with E-state index in [2.05, 4.69) is 43.5 Å². The first-order valence-corrected chi connectivity index (χ1v) is 25.3. The van der Waals surface area contributed by atoms with E-state index in [1.807, 2.05) is 6.08 Å². The van der Waals surface area contributed by atoms with Crippen molar-refractivity contribution in [2.45, 2.75) is 257 Å². The Balaban J connectivity index is 3.88. The number of amides is 1. The molecule has 7 heteroatoms. The molecule has 0 fully saturated rings. The number of nitrogens with one attached hydrogen (secondary N) is 1. The molecule has 0 spiro atoms. The van der Waals surface area contributed by atoms with E-state index in [-0.39, 0.29) is 12.3 Å². The van der Waals surface area contributed by atoms with Crippen LogP contribution in [0.5, 0.6) is 0 Å². The smallest absolute Gasteiger partial charge is 0.267 e. The van der Waals surface area contributed by atoms with Gasteiger partial charge in [-0.1, -0.05) is 217 Å². The number of carbonyl (C=O) groups is 1. The van der Waals surface area contributed by atoms with Crippen molar-refractivity contribution >= 4 is 16.0 Å². The van der Waals surface area contributed by atoms with Crippen LogP contribution in [0.1, 0.15) is 245 Å². The van der Waals surface area contributed by atoms with Crippen LogP contribution < -0.4 is 5.32 Å². The predicted molar refractivity (Wildman–Crippen MR) is 239 cm³/mol. The summed E-state index contributed by atoms with van der Waals surface area (Å²) >= 11 is 0. The van der Waals surface area contributed by atoms with Crippen LogP contribution in [0.25, 0.3) is 0 Å². The molecule has 0 aliphatic rings. The molecule has 0 aromatic heterocycles. The highest BCUT2D eigenvalue weighted by atomic mass is 32.2. The minimum atomic E-state index is -4.36. The highest BCUT2D eigenvalue weighted by Gasteiger charge is 2.24. The average Bonchev–Trinajstić information content (AvgIpc) is 3.15. The van der Waals surface area contributed by atoms with E-state index in [1.54, 1.807) is 0 Å². The third-order valence-corrected chi connectivity index (χ3v) is 11.6. The van der Waals surface area contributed by atoms with Gasteiger partial charge in [0.05, 0.1) is 17.9 Å². The molecule has 55 heavy (non-hydrogen) atoms. The van der Waals surface area contributed by atoms with Crippen LogP contribution in [0.3, 0.4) is 0 Å². The fraction of sp³-hybridized carbons (Fsp3) is 0.854. The zero-order valence-electron chi connectivity index (χ0n) is 36.3. The van der Waals surface area contributed by atoms with E-state index in [4.69, 9.17) is 0 Å². The van der Waals surface area contributed by atoms with Crippen LogP contribution >= 0.6 is 0 Å². The molecular formula is C48H91NO5S. The lowest BCUT2D eigenvalue weighted by atomic mass is 10.0. The lowest BCUT2D eigenvalue weighted by molar-refractivity contribution is -0.122. The van der Waals surface area contributed by atoms with Gasteiger partial charge in [0.1, 0.15) is 0 Å². The van der Waals surface area contributed by atoms with Crippen LogP contribution in [-0.2, 0) is 14.9 Å². The molecule has 3 N–H and O–H groups in total. The van der Waals surface area contributed by atoms with Gasteiger partial charge in [-0.3, -0.25) is 9.35 Å². The minimum Gasteiger partial charge on any atom is -0.387 e. The summed E-state index contributed by atoms with van der Waals surface area (Å²) in [5, 5.41) is 13.3. The predicted octanol–water partition coefficient (Wildman–Crippen LogP) is 14.5. The Morgan fingerprint density at radius 1 is 0.473 bits per heavy atom. The average molecular weight is 794 g/mol. The maximum absolute atomic E-state index is 12.6. The highest BCUT2D eigenvalue weighted by molar-refractivity contribution is 7.85. The van der Waals surface area contributed by atoms with E-state index in [1.165, 1.54) is 192 Å². The van der Waals surface area contributed by atoms with Crippen LogP contribution in [0, 0.1) is 0 Å². The standard InChI is InChI=1S/C48H91NO5S/c1-3-5-7-9-11-13-15-17-19-21-23-24-26-27-29-31-33-35-37-39-41-43-47(50)46(45-55(52,53)54)49-48(51)44-42-40-38-36-34-32-30-28-25-22-20-18-16-14-12-10-8-6-4-2/h18,20,33,35,41,43,46-47,50H,3-17,19,21-32,34,36-40,42,44-45H2,1-2H3,(H,49,51)(H,52,53,54)/b20-18-,35-33+,43-41+. The zero-order valence-corrected chi connectivity index (χ0v) is 37.1. The molecule has 324 valence electrons. The van der Waals surface area contributed by atoms with Gasteiger partial charge in [-0.2, -0.15) is 8.42 Å². The van der Waals surface area contributed by atoms with Gasteiger partial charge in [-0.25, -0.2) is 0 Å². The molecular weight excluding hydrogens is 703 g/mol. The number of unbranched alkanes of at least 4 members (excludes halogenated alkanes) is 31. The molecule has 6 nitrogen and oxygen atoms in total. The van der Waals surface area contributed by atoms with Gasteiger partial charge in [0.15, 0.2) is 0 Å². The number of aliphatic hydroxyl groups excluding tert-OH is 1. The molecule has 0 aliphatic heterocycles. The molecule has 0 aromatic carbocycles. The van der Waals surface area contributed by atoms with Crippen molar-refractivity contribution in [2.75, 3.05) is 5.75 Å². The van der Waals surface area contributed by atoms with E-state index in [0.29, 0.717) is 0 Å². The van der Waals surface area contributed by atoms with Gasteiger partial charge in [0.25, 0.3) is 10.1 Å². The Morgan fingerprint density at radius 2 is 0.782 bits per heavy atom. The van der Waals surface area contributed by atoms with Crippen molar-refractivity contribution in [1.29, 1.82) is 0 Å². The van der Waals surface area contributed by atoms with E-state index in [9.17, 15) is 22.9 Å². The minimum absolute atomic E-state index is 0.287. The van der Waals surface area contributed by atoms with Crippen LogP contribution in [0.15, 0.2) is 36.5 Å². The number of allylic oxidation sites excluding steroid dienone is 5. The number of hydrogen-bond donors (Lipinski definition) is 3. The second-order valence-electron chi connectivity index (χ2n) is 16.4. The molecule has 0 heterocycles. The number of aliphatic hydroxyl groups is 1. The van der Waals surface area contributed by atoms with E-state index >= 15 is 0 Å². The highest BCUT2D eigenvalue weighted by Crippen LogP contribution is 2.15. The number of rotatable bonds is 43. The van der Waals surface area contributed by atoms with Gasteiger partial charge < -0.3 is 10.4 Å². The summed E-state index contributed by atoms with van der Waals surface area (Å²) in [4.78, 5) is 12.6. The molecule has 2 atom stereocenters. The van der Waals surface area contributed by atoms with Crippen LogP contribution in [-0.4, -0.2) is 41.9 Å². The van der Waals surface area contributed by atoms with E-state index < -0.39 is 28.0 Å². The van der Waals surface area contributed by atoms with Gasteiger partial charge in [-0.15, -0.1) is 0 Å². The Kier molecular flexibility index (Phi) is 41.1. The van der Waals surface area contributed by atoms with Gasteiger partial charge in [0.2, 0.25) is 5.91 Å². The van der Waals surface area contributed by atoms with Crippen LogP contribution in [0.2, 0.25) is 0 Å². The third-order valence-electron chi connectivity index (χ3n) is 10.8. The Morgan fingerprint density at radius 3 is 1.15 bits per heavy atom. The molecule has 0 saturated carbocycles. The maximum Gasteiger partial charge on any atom is 0.267 e. The summed E-state index contributed by atoms with van der Waals surface area (Å²) in [5.74, 6) is -0.998. The first kappa shape index (κ1) is 53.6. The van der Waals surface area contributed by atoms with Crippen molar-refractivity contribution < 1.29 is 22.9 Å². The topological polar surface area (TPSA) is 104 Å². The third kappa shape index (κ3) is 43.5. The number of hydrogen-bond acceptors (Lipinski definition) is 4. The molecule has 0 bridgehead atoms. The van der Waals surface area contributed by atoms with Crippen molar-refractivity contribution in [3.05, 3.63) is 36.5 Å². The summed E-state index contributed by atoms with van der Waals surface area (Å²) in [7, 11) is -4.36. The van der Waals surface area contributed by atoms with Gasteiger partial charge in [0, 0.05) is 6.42 Å². The lowest BCUT2D eigenvalue weighted by Gasteiger charge is -2.21. The zero-order chi connectivity index (χ0) is 40.3. The largest absolute Gasteiger partial charge is 0.387 e. The Bertz CT molecular complexity index is 1010. The summed E-state index contributed by atoms with van der Waals surface area (Å²) in [6.45, 7) is 4.54. The molecule has 0 rings (SSSR count). The van der Waals surface area contributed by atoms with Crippen molar-refractivity contribution in [3.63, 3.8) is 0 Å². The summed E-state index contributed by atoms with van der Waals surface area (Å²) in [6, 6.07) is -1.07. The molecule has 0 saturated heterocycles. The molecule has 0 aliphatic carbocycles. The van der Waals surface area contributed by atoms with Crippen molar-refractivity contribution in [3.8, 4) is 0 Å². The molecule has 1 amide bonds. The van der Waals surface area contributed by atoms with Gasteiger partial charge in [-0.05, 0) is 57.8 Å². The molecule has 0 radical (unpaired) electrons. The monoisotopic (exact) mass is 794 g/mol. The fourth-order valence-corrected chi connectivity index (χ4v) is 7.96.